The number of guanidine groups is 1. The van der Waals surface area contributed by atoms with Gasteiger partial charge in [-0.05, 0) is 38.3 Å². The standard InChI is InChI=1S/C17H22F3N3S/c1-16(2,24-4)12-23-15(21-3)22-10-6-8-13-7-5-9-14(11-13)17(18,19)20/h5,7,9,11H,10,12H2,1-4H3,(H2,21,22,23). The molecule has 132 valence electrons. The SMILES string of the molecule is CN=C(NCC#Cc1cccc(C(F)(F)F)c1)NCC(C)(C)SC. The predicted molar refractivity (Wildman–Crippen MR) is 95.3 cm³/mol. The van der Waals surface area contributed by atoms with Crippen molar-refractivity contribution in [2.45, 2.75) is 24.8 Å². The lowest BCUT2D eigenvalue weighted by atomic mass is 10.1. The molecule has 0 aromatic heterocycles. The molecule has 0 saturated heterocycles. The van der Waals surface area contributed by atoms with E-state index in [1.54, 1.807) is 24.9 Å². The Morgan fingerprint density at radius 3 is 2.54 bits per heavy atom. The minimum Gasteiger partial charge on any atom is -0.355 e. The number of alkyl halides is 3. The van der Waals surface area contributed by atoms with Gasteiger partial charge in [-0.2, -0.15) is 24.9 Å². The van der Waals surface area contributed by atoms with E-state index in [1.165, 1.54) is 6.07 Å². The number of nitrogens with zero attached hydrogens (tertiary/aromatic N) is 1. The highest BCUT2D eigenvalue weighted by atomic mass is 32.2. The fourth-order valence-corrected chi connectivity index (χ4v) is 1.85. The van der Waals surface area contributed by atoms with Crippen molar-refractivity contribution in [3.63, 3.8) is 0 Å². The van der Waals surface area contributed by atoms with Gasteiger partial charge in [0, 0.05) is 23.9 Å². The van der Waals surface area contributed by atoms with Crippen molar-refractivity contribution in [1.29, 1.82) is 0 Å². The Bertz CT molecular complexity index is 628. The maximum absolute atomic E-state index is 12.6. The quantitative estimate of drug-likeness (QED) is 0.493. The Morgan fingerprint density at radius 1 is 1.25 bits per heavy atom. The summed E-state index contributed by atoms with van der Waals surface area (Å²) < 4.78 is 38.0. The summed E-state index contributed by atoms with van der Waals surface area (Å²) in [7, 11) is 1.65. The highest BCUT2D eigenvalue weighted by molar-refractivity contribution is 7.99. The molecule has 2 N–H and O–H groups in total. The van der Waals surface area contributed by atoms with E-state index in [0.717, 1.165) is 18.7 Å². The Morgan fingerprint density at radius 2 is 1.96 bits per heavy atom. The highest BCUT2D eigenvalue weighted by Crippen LogP contribution is 2.29. The largest absolute Gasteiger partial charge is 0.416 e. The summed E-state index contributed by atoms with van der Waals surface area (Å²) in [5.41, 5.74) is -0.364. The molecule has 0 aliphatic carbocycles. The number of halogens is 3. The lowest BCUT2D eigenvalue weighted by Crippen LogP contribution is -2.43. The molecule has 1 aromatic carbocycles. The molecule has 0 fully saturated rings. The zero-order valence-electron chi connectivity index (χ0n) is 14.2. The first-order valence-electron chi connectivity index (χ1n) is 7.34. The Labute approximate surface area is 145 Å². The van der Waals surface area contributed by atoms with Crippen molar-refractivity contribution >= 4 is 17.7 Å². The van der Waals surface area contributed by atoms with Crippen LogP contribution in [-0.4, -0.2) is 37.1 Å². The number of thioether (sulfide) groups is 1. The molecule has 0 unspecified atom stereocenters. The second-order valence-corrected chi connectivity index (χ2v) is 7.14. The molecule has 0 saturated carbocycles. The minimum atomic E-state index is -4.36. The fourth-order valence-electron chi connectivity index (χ4n) is 1.64. The Hall–Kier alpha value is -1.81. The van der Waals surface area contributed by atoms with Crippen molar-refractivity contribution in [3.05, 3.63) is 35.4 Å². The number of rotatable bonds is 4. The van der Waals surface area contributed by atoms with Crippen LogP contribution in [0.15, 0.2) is 29.3 Å². The van der Waals surface area contributed by atoms with Crippen molar-refractivity contribution < 1.29 is 13.2 Å². The van der Waals surface area contributed by atoms with Gasteiger partial charge in [-0.1, -0.05) is 17.9 Å². The zero-order chi connectivity index (χ0) is 18.2. The number of hydrogen-bond acceptors (Lipinski definition) is 2. The van der Waals surface area contributed by atoms with Crippen LogP contribution in [-0.2, 0) is 6.18 Å². The van der Waals surface area contributed by atoms with Gasteiger partial charge in [-0.3, -0.25) is 4.99 Å². The van der Waals surface area contributed by atoms with Crippen LogP contribution in [0, 0.1) is 11.8 Å². The van der Waals surface area contributed by atoms with Gasteiger partial charge in [0.05, 0.1) is 12.1 Å². The van der Waals surface area contributed by atoms with Gasteiger partial charge in [0.15, 0.2) is 5.96 Å². The maximum atomic E-state index is 12.6. The first-order valence-corrected chi connectivity index (χ1v) is 8.56. The van der Waals surface area contributed by atoms with Crippen LogP contribution in [0.5, 0.6) is 0 Å². The third-order valence-electron chi connectivity index (χ3n) is 3.22. The average molecular weight is 357 g/mol. The number of aliphatic imine (C=N–C) groups is 1. The molecule has 1 rings (SSSR count). The molecular formula is C17H22F3N3S. The molecule has 7 heteroatoms. The van der Waals surface area contributed by atoms with Gasteiger partial charge in [-0.15, -0.1) is 0 Å². The monoisotopic (exact) mass is 357 g/mol. The molecule has 0 radical (unpaired) electrons. The summed E-state index contributed by atoms with van der Waals surface area (Å²) in [5, 5.41) is 6.20. The number of hydrogen-bond donors (Lipinski definition) is 2. The molecule has 0 bridgehead atoms. The smallest absolute Gasteiger partial charge is 0.355 e. The van der Waals surface area contributed by atoms with Crippen LogP contribution < -0.4 is 10.6 Å². The molecule has 0 spiro atoms. The first-order chi connectivity index (χ1) is 11.2. The maximum Gasteiger partial charge on any atom is 0.416 e. The van der Waals surface area contributed by atoms with Crippen molar-refractivity contribution in [2.75, 3.05) is 26.4 Å². The van der Waals surface area contributed by atoms with Gasteiger partial charge in [0.25, 0.3) is 0 Å². The Balaban J connectivity index is 2.57. The average Bonchev–Trinajstić information content (AvgIpc) is 2.53. The van der Waals surface area contributed by atoms with Crippen molar-refractivity contribution in [2.24, 2.45) is 4.99 Å². The summed E-state index contributed by atoms with van der Waals surface area (Å²) in [4.78, 5) is 4.09. The van der Waals surface area contributed by atoms with Gasteiger partial charge in [-0.25, -0.2) is 0 Å². The lowest BCUT2D eigenvalue weighted by molar-refractivity contribution is -0.137. The van der Waals surface area contributed by atoms with E-state index in [0.29, 0.717) is 11.5 Å². The normalized spacial score (nSPS) is 12.4. The second kappa shape index (κ2) is 8.88. The van der Waals surface area contributed by atoms with E-state index in [2.05, 4.69) is 41.3 Å². The van der Waals surface area contributed by atoms with E-state index in [1.807, 2.05) is 6.26 Å². The molecule has 0 amide bonds. The number of benzene rings is 1. The van der Waals surface area contributed by atoms with Gasteiger partial charge in [0.2, 0.25) is 0 Å². The summed E-state index contributed by atoms with van der Waals surface area (Å²) in [6.07, 6.45) is -2.32. The second-order valence-electron chi connectivity index (χ2n) is 5.62. The topological polar surface area (TPSA) is 36.4 Å². The molecular weight excluding hydrogens is 335 g/mol. The van der Waals surface area contributed by atoms with Crippen LogP contribution in [0.2, 0.25) is 0 Å². The van der Waals surface area contributed by atoms with E-state index in [-0.39, 0.29) is 11.3 Å². The van der Waals surface area contributed by atoms with Crippen LogP contribution in [0.3, 0.4) is 0 Å². The summed E-state index contributed by atoms with van der Waals surface area (Å²) in [5.74, 6) is 6.13. The van der Waals surface area contributed by atoms with Crippen LogP contribution in [0.25, 0.3) is 0 Å². The van der Waals surface area contributed by atoms with Crippen molar-refractivity contribution in [1.82, 2.24) is 10.6 Å². The fraction of sp³-hybridized carbons (Fsp3) is 0.471. The third-order valence-corrected chi connectivity index (χ3v) is 4.47. The summed E-state index contributed by atoms with van der Waals surface area (Å²) >= 11 is 1.74. The molecule has 1 aromatic rings. The predicted octanol–water partition coefficient (Wildman–Crippen LogP) is 3.36. The molecule has 3 nitrogen and oxygen atoms in total. The molecule has 0 aliphatic rings. The molecule has 0 heterocycles. The van der Waals surface area contributed by atoms with E-state index < -0.39 is 11.7 Å². The van der Waals surface area contributed by atoms with Gasteiger partial charge >= 0.3 is 6.18 Å². The van der Waals surface area contributed by atoms with Crippen molar-refractivity contribution in [3.8, 4) is 11.8 Å². The third kappa shape index (κ3) is 7.18. The van der Waals surface area contributed by atoms with E-state index in [9.17, 15) is 13.2 Å². The molecule has 0 atom stereocenters. The minimum absolute atomic E-state index is 0.0708. The number of nitrogens with one attached hydrogen (secondary N) is 2. The van der Waals surface area contributed by atoms with Crippen LogP contribution >= 0.6 is 11.8 Å². The summed E-state index contributed by atoms with van der Waals surface area (Å²) in [6.45, 7) is 5.25. The van der Waals surface area contributed by atoms with Crippen LogP contribution in [0.1, 0.15) is 25.0 Å². The lowest BCUT2D eigenvalue weighted by Gasteiger charge is -2.23. The first kappa shape index (κ1) is 20.2. The van der Waals surface area contributed by atoms with E-state index >= 15 is 0 Å². The molecule has 24 heavy (non-hydrogen) atoms. The van der Waals surface area contributed by atoms with Crippen LogP contribution in [0.4, 0.5) is 13.2 Å². The van der Waals surface area contributed by atoms with Gasteiger partial charge < -0.3 is 10.6 Å². The zero-order valence-corrected chi connectivity index (χ0v) is 15.0. The van der Waals surface area contributed by atoms with E-state index in [4.69, 9.17) is 0 Å². The highest BCUT2D eigenvalue weighted by Gasteiger charge is 2.30. The van der Waals surface area contributed by atoms with Gasteiger partial charge in [0.1, 0.15) is 0 Å². The molecule has 0 aliphatic heterocycles. The summed E-state index contributed by atoms with van der Waals surface area (Å²) in [6, 6.07) is 4.98. The Kier molecular flexibility index (Phi) is 7.49.